The molecule has 0 heterocycles. The van der Waals surface area contributed by atoms with Crippen molar-refractivity contribution in [1.82, 2.24) is 0 Å². The summed E-state index contributed by atoms with van der Waals surface area (Å²) in [4.78, 5) is 15.2. The minimum atomic E-state index is -4.37. The fraction of sp³-hybridized carbons (Fsp3) is 0.800. The Hall–Kier alpha value is -0.440. The van der Waals surface area contributed by atoms with Gasteiger partial charge in [-0.15, -0.1) is 0 Å². The molecule has 0 rings (SSSR count). The lowest BCUT2D eigenvalue weighted by molar-refractivity contribution is 0.201. The average Bonchev–Trinajstić information content (AvgIpc) is 2.01. The van der Waals surface area contributed by atoms with Gasteiger partial charge >= 0.3 is 7.82 Å². The first-order valence-corrected chi connectivity index (χ1v) is 4.82. The predicted octanol–water partition coefficient (Wildman–Crippen LogP) is 0.670. The van der Waals surface area contributed by atoms with Crippen molar-refractivity contribution in [2.75, 3.05) is 0 Å². The smallest absolute Gasteiger partial charge is 0.302 e. The van der Waals surface area contributed by atoms with E-state index in [9.17, 15) is 4.57 Å². The topological polar surface area (TPSA) is 117 Å². The first kappa shape index (κ1) is 14.1. The van der Waals surface area contributed by atoms with Gasteiger partial charge in [-0.2, -0.15) is 5.26 Å². The Morgan fingerprint density at radius 1 is 1.67 bits per heavy atom. The summed E-state index contributed by atoms with van der Waals surface area (Å²) in [6.45, 7) is 2.08. The molecule has 0 aromatic heterocycles. The standard InChI is InChI=1S/C5H9N.H4NO4P/c1-2-3-4-5-6;1-5-6(2,3)4/h2-4H2,1H3;1H2,(H2,2,3,4). The van der Waals surface area contributed by atoms with E-state index >= 15 is 0 Å². The summed E-state index contributed by atoms with van der Waals surface area (Å²) in [7, 11) is -4.37. The number of nitriles is 1. The van der Waals surface area contributed by atoms with E-state index in [1.165, 1.54) is 0 Å². The molecule has 0 aromatic carbocycles. The van der Waals surface area contributed by atoms with Crippen molar-refractivity contribution in [3.63, 3.8) is 0 Å². The van der Waals surface area contributed by atoms with Gasteiger partial charge in [0.2, 0.25) is 0 Å². The average molecular weight is 196 g/mol. The van der Waals surface area contributed by atoms with Crippen LogP contribution in [0.15, 0.2) is 0 Å². The Morgan fingerprint density at radius 3 is 2.17 bits per heavy atom. The van der Waals surface area contributed by atoms with Crippen LogP contribution in [-0.4, -0.2) is 9.79 Å². The molecule has 0 aliphatic carbocycles. The zero-order valence-corrected chi connectivity index (χ0v) is 7.70. The van der Waals surface area contributed by atoms with Crippen molar-refractivity contribution < 1.29 is 19.0 Å². The van der Waals surface area contributed by atoms with Crippen molar-refractivity contribution in [2.45, 2.75) is 26.2 Å². The fourth-order valence-corrected chi connectivity index (χ4v) is 0.256. The van der Waals surface area contributed by atoms with Gasteiger partial charge in [-0.3, -0.25) is 0 Å². The highest BCUT2D eigenvalue weighted by molar-refractivity contribution is 7.46. The lowest BCUT2D eigenvalue weighted by Gasteiger charge is -1.92. The van der Waals surface area contributed by atoms with E-state index in [0.717, 1.165) is 19.3 Å². The van der Waals surface area contributed by atoms with Crippen LogP contribution in [0, 0.1) is 11.3 Å². The van der Waals surface area contributed by atoms with Crippen LogP contribution >= 0.6 is 7.82 Å². The number of rotatable bonds is 3. The molecule has 0 saturated heterocycles. The summed E-state index contributed by atoms with van der Waals surface area (Å²) in [5, 5.41) is 7.95. The van der Waals surface area contributed by atoms with Crippen molar-refractivity contribution in [3.8, 4) is 6.07 Å². The molecule has 0 aliphatic heterocycles. The van der Waals surface area contributed by atoms with Crippen LogP contribution < -0.4 is 5.90 Å². The second-order valence-electron chi connectivity index (χ2n) is 1.86. The lowest BCUT2D eigenvalue weighted by atomic mass is 10.3. The predicted molar refractivity (Wildman–Crippen MR) is 42.5 cm³/mol. The van der Waals surface area contributed by atoms with E-state index in [2.05, 4.69) is 23.5 Å². The molecule has 0 amide bonds. The summed E-state index contributed by atoms with van der Waals surface area (Å²) < 4.78 is 12.5. The Balaban J connectivity index is 0. The molecular weight excluding hydrogens is 183 g/mol. The number of phosphoric acid groups is 1. The second kappa shape index (κ2) is 8.65. The molecule has 7 heteroatoms. The van der Waals surface area contributed by atoms with Gasteiger partial charge in [0.15, 0.2) is 0 Å². The summed E-state index contributed by atoms with van der Waals surface area (Å²) >= 11 is 0. The normalized spacial score (nSPS) is 9.58. The van der Waals surface area contributed by atoms with Crippen molar-refractivity contribution in [1.29, 1.82) is 5.26 Å². The molecule has 0 radical (unpaired) electrons. The highest BCUT2D eigenvalue weighted by Gasteiger charge is 2.08. The van der Waals surface area contributed by atoms with Crippen LogP contribution in [0.25, 0.3) is 0 Å². The largest absolute Gasteiger partial charge is 0.485 e. The van der Waals surface area contributed by atoms with Gasteiger partial charge in [0.25, 0.3) is 0 Å². The van der Waals surface area contributed by atoms with Crippen LogP contribution in [0.1, 0.15) is 26.2 Å². The molecule has 0 bridgehead atoms. The number of hydrogen-bond donors (Lipinski definition) is 3. The van der Waals surface area contributed by atoms with E-state index < -0.39 is 7.82 Å². The molecule has 12 heavy (non-hydrogen) atoms. The molecule has 0 aliphatic rings. The van der Waals surface area contributed by atoms with Gasteiger partial charge < -0.3 is 9.79 Å². The maximum Gasteiger partial charge on any atom is 0.485 e. The van der Waals surface area contributed by atoms with Gasteiger partial charge in [0, 0.05) is 6.42 Å². The Bertz CT molecular complexity index is 173. The second-order valence-corrected chi connectivity index (χ2v) is 3.05. The molecule has 6 nitrogen and oxygen atoms in total. The third kappa shape index (κ3) is 22.7. The lowest BCUT2D eigenvalue weighted by Crippen LogP contribution is -1.93. The van der Waals surface area contributed by atoms with Crippen LogP contribution in [0.5, 0.6) is 0 Å². The van der Waals surface area contributed by atoms with Crippen LogP contribution in [0.4, 0.5) is 0 Å². The monoisotopic (exact) mass is 196 g/mol. The summed E-state index contributed by atoms with van der Waals surface area (Å²) in [6, 6.07) is 2.07. The van der Waals surface area contributed by atoms with Gasteiger partial charge in [0.05, 0.1) is 6.07 Å². The molecule has 0 unspecified atom stereocenters. The third-order valence-corrected chi connectivity index (χ3v) is 1.05. The minimum Gasteiger partial charge on any atom is -0.302 e. The summed E-state index contributed by atoms with van der Waals surface area (Å²) in [5.74, 6) is 4.04. The van der Waals surface area contributed by atoms with Crippen molar-refractivity contribution >= 4 is 7.82 Å². The molecular formula is C5H13N2O4P. The Morgan fingerprint density at radius 2 is 2.08 bits per heavy atom. The van der Waals surface area contributed by atoms with E-state index in [1.54, 1.807) is 0 Å². The maximum atomic E-state index is 9.35. The first-order chi connectivity index (χ1) is 5.47. The van der Waals surface area contributed by atoms with Crippen molar-refractivity contribution in [2.24, 2.45) is 5.90 Å². The highest BCUT2D eigenvalue weighted by atomic mass is 31.2. The van der Waals surface area contributed by atoms with Crippen molar-refractivity contribution in [3.05, 3.63) is 0 Å². The zero-order valence-electron chi connectivity index (χ0n) is 6.80. The molecule has 0 atom stereocenters. The Labute approximate surface area is 71.1 Å². The van der Waals surface area contributed by atoms with Crippen LogP contribution in [0.3, 0.4) is 0 Å². The van der Waals surface area contributed by atoms with E-state index in [1.807, 2.05) is 0 Å². The van der Waals surface area contributed by atoms with Gasteiger partial charge in [-0.1, -0.05) is 13.3 Å². The number of nitrogens with two attached hydrogens (primary N) is 1. The highest BCUT2D eigenvalue weighted by Crippen LogP contribution is 2.32. The molecule has 72 valence electrons. The molecule has 4 N–H and O–H groups in total. The van der Waals surface area contributed by atoms with Crippen LogP contribution in [-0.2, 0) is 9.19 Å². The number of nitrogens with zero attached hydrogens (tertiary/aromatic N) is 1. The maximum absolute atomic E-state index is 9.35. The summed E-state index contributed by atoms with van der Waals surface area (Å²) in [6.07, 6.45) is 2.90. The van der Waals surface area contributed by atoms with Gasteiger partial charge in [0.1, 0.15) is 0 Å². The Kier molecular flexibility index (Phi) is 10.2. The number of unbranched alkanes of at least 4 members (excludes halogenated alkanes) is 2. The zero-order chi connectivity index (χ0) is 10.0. The molecule has 0 fully saturated rings. The SMILES string of the molecule is CCCCC#N.NOP(=O)(O)O. The fourth-order valence-electron chi connectivity index (χ4n) is 0.256. The first-order valence-electron chi connectivity index (χ1n) is 3.29. The third-order valence-electron chi connectivity index (χ3n) is 0.779. The molecule has 0 aromatic rings. The van der Waals surface area contributed by atoms with Gasteiger partial charge in [-0.05, 0) is 6.42 Å². The molecule has 0 saturated carbocycles. The number of hydrogen-bond acceptors (Lipinski definition) is 4. The summed E-state index contributed by atoms with van der Waals surface area (Å²) in [5.41, 5.74) is 0. The van der Waals surface area contributed by atoms with E-state index in [4.69, 9.17) is 15.0 Å². The minimum absolute atomic E-state index is 0.719. The van der Waals surface area contributed by atoms with Gasteiger partial charge in [-0.25, -0.2) is 15.1 Å². The van der Waals surface area contributed by atoms with Crippen LogP contribution in [0.2, 0.25) is 0 Å². The quantitative estimate of drug-likeness (QED) is 0.347. The van der Waals surface area contributed by atoms with E-state index in [-0.39, 0.29) is 0 Å². The van der Waals surface area contributed by atoms with E-state index in [0.29, 0.717) is 0 Å². The molecule has 0 spiro atoms.